The van der Waals surface area contributed by atoms with Crippen molar-refractivity contribution in [2.75, 3.05) is 14.2 Å². The maximum Gasteiger partial charge on any atom is 0.374 e. The fourth-order valence-corrected chi connectivity index (χ4v) is 2.27. The monoisotopic (exact) mass is 327 g/mol. The van der Waals surface area contributed by atoms with Crippen LogP contribution in [0.1, 0.15) is 10.6 Å². The molecular weight excluding hydrogens is 318 g/mol. The van der Waals surface area contributed by atoms with Crippen molar-refractivity contribution < 1.29 is 23.9 Å². The van der Waals surface area contributed by atoms with E-state index in [9.17, 15) is 4.79 Å². The number of carboxylic acids is 1. The minimum absolute atomic E-state index is 0.232. The molecule has 0 saturated carbocycles. The minimum atomic E-state index is -1.18. The van der Waals surface area contributed by atoms with Crippen LogP contribution in [-0.2, 0) is 0 Å². The van der Waals surface area contributed by atoms with Gasteiger partial charge in [0.25, 0.3) is 0 Å². The predicted octanol–water partition coefficient (Wildman–Crippen LogP) is 2.82. The topological polar surface area (TPSA) is 81.8 Å². The Kier molecular flexibility index (Phi) is 3.75. The molecule has 0 spiro atoms. The summed E-state index contributed by atoms with van der Waals surface area (Å²) in [5.41, 5.74) is 0.976. The normalized spacial score (nSPS) is 10.3. The van der Waals surface area contributed by atoms with E-state index in [1.165, 1.54) is 20.3 Å². The fourth-order valence-electron chi connectivity index (χ4n) is 1.60. The average Bonchev–Trinajstić information content (AvgIpc) is 2.87. The molecule has 0 unspecified atom stereocenters. The van der Waals surface area contributed by atoms with Gasteiger partial charge in [0.05, 0.1) is 14.2 Å². The Hall–Kier alpha value is -2.02. The van der Waals surface area contributed by atoms with Gasteiger partial charge in [-0.05, 0) is 28.1 Å². The van der Waals surface area contributed by atoms with Crippen LogP contribution in [0.3, 0.4) is 0 Å². The van der Waals surface area contributed by atoms with Crippen LogP contribution in [0.5, 0.6) is 11.5 Å². The third kappa shape index (κ3) is 2.41. The van der Waals surface area contributed by atoms with Gasteiger partial charge in [0, 0.05) is 11.6 Å². The van der Waals surface area contributed by atoms with E-state index in [1.807, 2.05) is 0 Å². The third-order valence-electron chi connectivity index (χ3n) is 2.48. The number of aromatic nitrogens is 1. The zero-order valence-corrected chi connectivity index (χ0v) is 11.7. The molecule has 100 valence electrons. The number of nitrogens with zero attached hydrogens (tertiary/aromatic N) is 1. The van der Waals surface area contributed by atoms with Gasteiger partial charge in [-0.3, -0.25) is 0 Å². The second-order valence-corrected chi connectivity index (χ2v) is 4.34. The van der Waals surface area contributed by atoms with Crippen LogP contribution >= 0.6 is 15.9 Å². The second kappa shape index (κ2) is 5.31. The zero-order valence-electron chi connectivity index (χ0n) is 10.1. The summed E-state index contributed by atoms with van der Waals surface area (Å²) in [5, 5.41) is 12.5. The highest BCUT2D eigenvalue weighted by Gasteiger charge is 2.19. The maximum atomic E-state index is 10.8. The molecule has 1 aromatic carbocycles. The molecule has 1 heterocycles. The summed E-state index contributed by atoms with van der Waals surface area (Å²) in [6.45, 7) is 0. The number of halogens is 1. The Bertz CT molecular complexity index is 623. The molecule has 19 heavy (non-hydrogen) atoms. The van der Waals surface area contributed by atoms with E-state index in [-0.39, 0.29) is 5.76 Å². The molecule has 1 N–H and O–H groups in total. The fraction of sp³-hybridized carbons (Fsp3) is 0.167. The molecule has 6 nitrogen and oxygen atoms in total. The zero-order chi connectivity index (χ0) is 14.0. The lowest BCUT2D eigenvalue weighted by Crippen LogP contribution is -1.93. The lowest BCUT2D eigenvalue weighted by atomic mass is 10.1. The number of methoxy groups -OCH3 is 2. The highest BCUT2D eigenvalue weighted by molar-refractivity contribution is 9.10. The molecule has 2 rings (SSSR count). The first-order valence-corrected chi connectivity index (χ1v) is 5.98. The van der Waals surface area contributed by atoms with Crippen molar-refractivity contribution in [3.8, 4) is 22.8 Å². The number of hydrogen-bond acceptors (Lipinski definition) is 5. The van der Waals surface area contributed by atoms with Crippen LogP contribution < -0.4 is 9.47 Å². The largest absolute Gasteiger partial charge is 0.495 e. The molecule has 0 bridgehead atoms. The quantitative estimate of drug-likeness (QED) is 0.929. The van der Waals surface area contributed by atoms with Crippen LogP contribution in [0.25, 0.3) is 11.3 Å². The molecule has 0 aliphatic heterocycles. The van der Waals surface area contributed by atoms with Crippen LogP contribution in [0.4, 0.5) is 0 Å². The number of carboxylic acid groups (broad SMARTS) is 1. The summed E-state index contributed by atoms with van der Waals surface area (Å²) in [7, 11) is 3.04. The number of hydrogen-bond donors (Lipinski definition) is 1. The van der Waals surface area contributed by atoms with Gasteiger partial charge in [-0.2, -0.15) is 0 Å². The van der Waals surface area contributed by atoms with Gasteiger partial charge in [0.1, 0.15) is 21.7 Å². The second-order valence-electron chi connectivity index (χ2n) is 3.54. The Balaban J connectivity index is 2.55. The van der Waals surface area contributed by atoms with E-state index < -0.39 is 5.97 Å². The van der Waals surface area contributed by atoms with Crippen LogP contribution in [0.2, 0.25) is 0 Å². The van der Waals surface area contributed by atoms with Gasteiger partial charge in [0.15, 0.2) is 0 Å². The van der Waals surface area contributed by atoms with Crippen molar-refractivity contribution in [2.24, 2.45) is 0 Å². The summed E-state index contributed by atoms with van der Waals surface area (Å²) < 4.78 is 15.8. The summed E-state index contributed by atoms with van der Waals surface area (Å²) >= 11 is 3.36. The average molecular weight is 328 g/mol. The Morgan fingerprint density at radius 2 is 2.11 bits per heavy atom. The van der Waals surface area contributed by atoms with E-state index in [0.29, 0.717) is 27.2 Å². The Labute approximate surface area is 117 Å². The van der Waals surface area contributed by atoms with Crippen molar-refractivity contribution in [1.29, 1.82) is 0 Å². The summed E-state index contributed by atoms with van der Waals surface area (Å²) in [6.07, 6.45) is 0. The molecular formula is C12H10BrNO5. The molecule has 0 amide bonds. The number of carbonyl (C=O) groups is 1. The van der Waals surface area contributed by atoms with Crippen molar-refractivity contribution in [3.63, 3.8) is 0 Å². The van der Waals surface area contributed by atoms with E-state index in [0.717, 1.165) is 0 Å². The van der Waals surface area contributed by atoms with Gasteiger partial charge in [-0.25, -0.2) is 4.79 Å². The number of ether oxygens (including phenoxy) is 2. The van der Waals surface area contributed by atoms with Crippen molar-refractivity contribution >= 4 is 21.9 Å². The molecule has 0 fully saturated rings. The highest BCUT2D eigenvalue weighted by atomic mass is 79.9. The lowest BCUT2D eigenvalue weighted by Gasteiger charge is -2.11. The van der Waals surface area contributed by atoms with Crippen molar-refractivity contribution in [1.82, 2.24) is 5.16 Å². The first kappa shape index (κ1) is 13.4. The number of rotatable bonds is 4. The standard InChI is InChI=1S/C12H10BrNO5/c1-17-8-4-3-6(11(18-2)10(8)13)7-5-9(12(15)16)19-14-7/h3-5H,1-2H3,(H,15,16). The van der Waals surface area contributed by atoms with Crippen molar-refractivity contribution in [3.05, 3.63) is 28.4 Å². The van der Waals surface area contributed by atoms with E-state index in [4.69, 9.17) is 19.1 Å². The Morgan fingerprint density at radius 1 is 1.37 bits per heavy atom. The lowest BCUT2D eigenvalue weighted by molar-refractivity contribution is 0.0652. The molecule has 0 radical (unpaired) electrons. The molecule has 0 saturated heterocycles. The van der Waals surface area contributed by atoms with Gasteiger partial charge in [-0.15, -0.1) is 0 Å². The van der Waals surface area contributed by atoms with Crippen molar-refractivity contribution in [2.45, 2.75) is 0 Å². The van der Waals surface area contributed by atoms with Gasteiger partial charge in [0.2, 0.25) is 5.76 Å². The third-order valence-corrected chi connectivity index (χ3v) is 3.23. The highest BCUT2D eigenvalue weighted by Crippen LogP contribution is 2.41. The predicted molar refractivity (Wildman–Crippen MR) is 69.7 cm³/mol. The number of benzene rings is 1. The summed E-state index contributed by atoms with van der Waals surface area (Å²) in [6, 6.07) is 4.77. The maximum absolute atomic E-state index is 10.8. The molecule has 7 heteroatoms. The van der Waals surface area contributed by atoms with Gasteiger partial charge < -0.3 is 19.1 Å². The molecule has 0 atom stereocenters. The van der Waals surface area contributed by atoms with E-state index >= 15 is 0 Å². The Morgan fingerprint density at radius 3 is 2.63 bits per heavy atom. The van der Waals surface area contributed by atoms with E-state index in [2.05, 4.69) is 21.1 Å². The van der Waals surface area contributed by atoms with E-state index in [1.54, 1.807) is 12.1 Å². The SMILES string of the molecule is COc1ccc(-c2cc(C(=O)O)on2)c(OC)c1Br. The molecule has 2 aromatic rings. The van der Waals surface area contributed by atoms with Gasteiger partial charge in [-0.1, -0.05) is 5.16 Å². The smallest absolute Gasteiger partial charge is 0.374 e. The first-order chi connectivity index (χ1) is 9.08. The first-order valence-electron chi connectivity index (χ1n) is 5.19. The number of aromatic carboxylic acids is 1. The summed E-state index contributed by atoms with van der Waals surface area (Å²) in [5.74, 6) is -0.318. The minimum Gasteiger partial charge on any atom is -0.495 e. The van der Waals surface area contributed by atoms with Gasteiger partial charge >= 0.3 is 5.97 Å². The van der Waals surface area contributed by atoms with Crippen LogP contribution in [-0.4, -0.2) is 30.5 Å². The molecule has 0 aliphatic carbocycles. The van der Waals surface area contributed by atoms with Crippen LogP contribution in [0, 0.1) is 0 Å². The summed E-state index contributed by atoms with van der Waals surface area (Å²) in [4.78, 5) is 10.8. The van der Waals surface area contributed by atoms with Crippen LogP contribution in [0.15, 0.2) is 27.2 Å². The molecule has 1 aromatic heterocycles. The molecule has 0 aliphatic rings.